The summed E-state index contributed by atoms with van der Waals surface area (Å²) >= 11 is 0. The molecule has 1 nitrogen and oxygen atoms in total. The second-order valence-corrected chi connectivity index (χ2v) is 4.89. The van der Waals surface area contributed by atoms with Crippen LogP contribution in [0.4, 0.5) is 0 Å². The number of rotatable bonds is 8. The van der Waals surface area contributed by atoms with E-state index in [9.17, 15) is 0 Å². The van der Waals surface area contributed by atoms with Crippen molar-refractivity contribution >= 4 is 0 Å². The van der Waals surface area contributed by atoms with Gasteiger partial charge in [-0.3, -0.25) is 0 Å². The first-order chi connectivity index (χ1) is 8.27. The minimum Gasteiger partial charge on any atom is -0.310 e. The molecule has 0 amide bonds. The van der Waals surface area contributed by atoms with E-state index >= 15 is 0 Å². The van der Waals surface area contributed by atoms with Gasteiger partial charge in [0.15, 0.2) is 0 Å². The molecule has 0 aliphatic carbocycles. The van der Waals surface area contributed by atoms with E-state index in [0.717, 1.165) is 13.0 Å². The zero-order valence-corrected chi connectivity index (χ0v) is 11.6. The molecule has 0 radical (unpaired) electrons. The van der Waals surface area contributed by atoms with E-state index in [0.29, 0.717) is 6.04 Å². The largest absolute Gasteiger partial charge is 0.310 e. The summed E-state index contributed by atoms with van der Waals surface area (Å²) in [5, 5.41) is 3.66. The Hall–Kier alpha value is -0.820. The van der Waals surface area contributed by atoms with Crippen molar-refractivity contribution in [2.45, 2.75) is 58.9 Å². The highest BCUT2D eigenvalue weighted by Gasteiger charge is 2.07. The summed E-state index contributed by atoms with van der Waals surface area (Å²) in [6.45, 7) is 7.80. The summed E-state index contributed by atoms with van der Waals surface area (Å²) in [7, 11) is 0. The molecule has 0 saturated heterocycles. The first-order valence-corrected chi connectivity index (χ1v) is 7.07. The van der Waals surface area contributed by atoms with Crippen molar-refractivity contribution in [1.82, 2.24) is 5.32 Å². The molecule has 0 fully saturated rings. The number of aryl methyl sites for hydroxylation is 1. The molecular formula is C16H27N. The number of unbranched alkanes of at least 4 members (excludes halogenated alkanes) is 3. The first kappa shape index (κ1) is 14.2. The molecule has 0 saturated carbocycles. The van der Waals surface area contributed by atoms with Crippen LogP contribution in [0, 0.1) is 6.92 Å². The summed E-state index contributed by atoms with van der Waals surface area (Å²) < 4.78 is 0. The van der Waals surface area contributed by atoms with E-state index in [-0.39, 0.29) is 0 Å². The van der Waals surface area contributed by atoms with Crippen molar-refractivity contribution in [1.29, 1.82) is 0 Å². The average molecular weight is 233 g/mol. The Morgan fingerprint density at radius 2 is 1.71 bits per heavy atom. The quantitative estimate of drug-likeness (QED) is 0.646. The fourth-order valence-electron chi connectivity index (χ4n) is 2.12. The van der Waals surface area contributed by atoms with E-state index in [1.165, 1.54) is 36.8 Å². The zero-order valence-electron chi connectivity index (χ0n) is 11.6. The standard InChI is InChI=1S/C16H27N/c1-4-6-7-8-13-17-16(5-2)15-11-9-14(3)10-12-15/h9-12,16-17H,4-8,13H2,1-3H3. The third-order valence-corrected chi connectivity index (χ3v) is 3.31. The maximum atomic E-state index is 3.66. The summed E-state index contributed by atoms with van der Waals surface area (Å²) in [6.07, 6.45) is 6.50. The molecule has 17 heavy (non-hydrogen) atoms. The monoisotopic (exact) mass is 233 g/mol. The lowest BCUT2D eigenvalue weighted by atomic mass is 10.0. The minimum atomic E-state index is 0.525. The third-order valence-electron chi connectivity index (χ3n) is 3.31. The predicted molar refractivity (Wildman–Crippen MR) is 76.4 cm³/mol. The van der Waals surface area contributed by atoms with Gasteiger partial charge in [-0.05, 0) is 31.9 Å². The van der Waals surface area contributed by atoms with Crippen molar-refractivity contribution in [3.8, 4) is 0 Å². The molecule has 0 aromatic heterocycles. The Morgan fingerprint density at radius 3 is 2.29 bits per heavy atom. The number of hydrogen-bond donors (Lipinski definition) is 1. The van der Waals surface area contributed by atoms with Gasteiger partial charge < -0.3 is 5.32 Å². The van der Waals surface area contributed by atoms with Crippen LogP contribution in [0.25, 0.3) is 0 Å². The third kappa shape index (κ3) is 5.36. The van der Waals surface area contributed by atoms with Crippen LogP contribution in [0.15, 0.2) is 24.3 Å². The van der Waals surface area contributed by atoms with E-state index in [4.69, 9.17) is 0 Å². The summed E-state index contributed by atoms with van der Waals surface area (Å²) in [6, 6.07) is 9.44. The highest BCUT2D eigenvalue weighted by atomic mass is 14.9. The van der Waals surface area contributed by atoms with Crippen LogP contribution in [0.3, 0.4) is 0 Å². The van der Waals surface area contributed by atoms with Crippen LogP contribution in [-0.2, 0) is 0 Å². The molecule has 0 aliphatic heterocycles. The van der Waals surface area contributed by atoms with Crippen molar-refractivity contribution in [2.24, 2.45) is 0 Å². The van der Waals surface area contributed by atoms with Crippen LogP contribution in [0.5, 0.6) is 0 Å². The molecular weight excluding hydrogens is 206 g/mol. The van der Waals surface area contributed by atoms with Crippen LogP contribution < -0.4 is 5.32 Å². The molecule has 1 unspecified atom stereocenters. The maximum Gasteiger partial charge on any atom is 0.0317 e. The SMILES string of the molecule is CCCCCCNC(CC)c1ccc(C)cc1. The fraction of sp³-hybridized carbons (Fsp3) is 0.625. The molecule has 1 rings (SSSR count). The molecule has 1 atom stereocenters. The van der Waals surface area contributed by atoms with Gasteiger partial charge in [0.1, 0.15) is 0 Å². The van der Waals surface area contributed by atoms with Crippen LogP contribution in [0.2, 0.25) is 0 Å². The molecule has 0 aliphatic rings. The highest BCUT2D eigenvalue weighted by Crippen LogP contribution is 2.17. The van der Waals surface area contributed by atoms with E-state index in [2.05, 4.69) is 50.4 Å². The molecule has 0 bridgehead atoms. The Bertz CT molecular complexity index is 289. The van der Waals surface area contributed by atoms with Crippen LogP contribution >= 0.6 is 0 Å². The molecule has 0 heterocycles. The maximum absolute atomic E-state index is 3.66. The lowest BCUT2D eigenvalue weighted by Gasteiger charge is -2.17. The second-order valence-electron chi connectivity index (χ2n) is 4.89. The van der Waals surface area contributed by atoms with Gasteiger partial charge in [0, 0.05) is 6.04 Å². The number of benzene rings is 1. The van der Waals surface area contributed by atoms with Gasteiger partial charge in [0.25, 0.3) is 0 Å². The van der Waals surface area contributed by atoms with Gasteiger partial charge in [-0.25, -0.2) is 0 Å². The number of hydrogen-bond acceptors (Lipinski definition) is 1. The van der Waals surface area contributed by atoms with E-state index < -0.39 is 0 Å². The minimum absolute atomic E-state index is 0.525. The normalized spacial score (nSPS) is 12.6. The molecule has 1 heteroatoms. The van der Waals surface area contributed by atoms with Crippen LogP contribution in [-0.4, -0.2) is 6.54 Å². The summed E-state index contributed by atoms with van der Waals surface area (Å²) in [5.74, 6) is 0. The second kappa shape index (κ2) is 8.30. The van der Waals surface area contributed by atoms with Gasteiger partial charge in [0.05, 0.1) is 0 Å². The Kier molecular flexibility index (Phi) is 6.95. The topological polar surface area (TPSA) is 12.0 Å². The lowest BCUT2D eigenvalue weighted by molar-refractivity contribution is 0.497. The van der Waals surface area contributed by atoms with Crippen molar-refractivity contribution in [3.05, 3.63) is 35.4 Å². The number of nitrogens with one attached hydrogen (secondary N) is 1. The van der Waals surface area contributed by atoms with Gasteiger partial charge in [-0.1, -0.05) is 62.9 Å². The molecule has 96 valence electrons. The van der Waals surface area contributed by atoms with Crippen molar-refractivity contribution in [3.63, 3.8) is 0 Å². The Morgan fingerprint density at radius 1 is 1.00 bits per heavy atom. The van der Waals surface area contributed by atoms with Gasteiger partial charge in [0.2, 0.25) is 0 Å². The van der Waals surface area contributed by atoms with Gasteiger partial charge in [-0.2, -0.15) is 0 Å². The molecule has 1 aromatic carbocycles. The Labute approximate surface area is 107 Å². The zero-order chi connectivity index (χ0) is 12.5. The molecule has 0 spiro atoms. The lowest BCUT2D eigenvalue weighted by Crippen LogP contribution is -2.21. The summed E-state index contributed by atoms with van der Waals surface area (Å²) in [4.78, 5) is 0. The average Bonchev–Trinajstić information content (AvgIpc) is 2.35. The van der Waals surface area contributed by atoms with Gasteiger partial charge in [-0.15, -0.1) is 0 Å². The van der Waals surface area contributed by atoms with Gasteiger partial charge >= 0.3 is 0 Å². The van der Waals surface area contributed by atoms with E-state index in [1.54, 1.807) is 0 Å². The summed E-state index contributed by atoms with van der Waals surface area (Å²) in [5.41, 5.74) is 2.76. The first-order valence-electron chi connectivity index (χ1n) is 7.07. The van der Waals surface area contributed by atoms with Crippen molar-refractivity contribution in [2.75, 3.05) is 6.54 Å². The highest BCUT2D eigenvalue weighted by molar-refractivity contribution is 5.23. The smallest absolute Gasteiger partial charge is 0.0317 e. The Balaban J connectivity index is 2.35. The predicted octanol–water partition coefficient (Wildman–Crippen LogP) is 4.62. The fourth-order valence-corrected chi connectivity index (χ4v) is 2.12. The van der Waals surface area contributed by atoms with Crippen LogP contribution in [0.1, 0.15) is 63.1 Å². The van der Waals surface area contributed by atoms with E-state index in [1.807, 2.05) is 0 Å². The molecule has 1 N–H and O–H groups in total. The van der Waals surface area contributed by atoms with Crippen molar-refractivity contribution < 1.29 is 0 Å². The molecule has 1 aromatic rings.